The van der Waals surface area contributed by atoms with Gasteiger partial charge in [0.05, 0.1) is 6.04 Å². The summed E-state index contributed by atoms with van der Waals surface area (Å²) in [6, 6.07) is 12.6. The third kappa shape index (κ3) is 4.00. The molecule has 0 fully saturated rings. The lowest BCUT2D eigenvalue weighted by Crippen LogP contribution is -2.23. The van der Waals surface area contributed by atoms with Crippen molar-refractivity contribution in [2.45, 2.75) is 33.2 Å². The molecule has 2 aromatic carbocycles. The quantitative estimate of drug-likeness (QED) is 0.744. The van der Waals surface area contributed by atoms with E-state index < -0.39 is 0 Å². The van der Waals surface area contributed by atoms with Gasteiger partial charge in [-0.25, -0.2) is 0 Å². The molecular formula is C18H21Cl2N. The van der Waals surface area contributed by atoms with Crippen LogP contribution < -0.4 is 5.32 Å². The van der Waals surface area contributed by atoms with Crippen molar-refractivity contribution in [2.24, 2.45) is 0 Å². The van der Waals surface area contributed by atoms with Gasteiger partial charge in [0.25, 0.3) is 0 Å². The van der Waals surface area contributed by atoms with Crippen LogP contribution in [-0.2, 0) is 0 Å². The van der Waals surface area contributed by atoms with Crippen molar-refractivity contribution >= 4 is 23.2 Å². The third-order valence-corrected chi connectivity index (χ3v) is 4.47. The zero-order valence-electron chi connectivity index (χ0n) is 12.7. The summed E-state index contributed by atoms with van der Waals surface area (Å²) in [5.74, 6) is 0. The summed E-state index contributed by atoms with van der Waals surface area (Å²) in [7, 11) is 0. The monoisotopic (exact) mass is 321 g/mol. The molecule has 0 spiro atoms. The molecule has 0 saturated carbocycles. The van der Waals surface area contributed by atoms with Gasteiger partial charge < -0.3 is 5.32 Å². The maximum absolute atomic E-state index is 6.28. The van der Waals surface area contributed by atoms with E-state index >= 15 is 0 Å². The second-order valence-electron chi connectivity index (χ2n) is 5.40. The molecule has 0 aliphatic rings. The van der Waals surface area contributed by atoms with Crippen LogP contribution in [0, 0.1) is 13.8 Å². The van der Waals surface area contributed by atoms with Crippen LogP contribution in [0.4, 0.5) is 0 Å². The van der Waals surface area contributed by atoms with Crippen molar-refractivity contribution in [3.63, 3.8) is 0 Å². The van der Waals surface area contributed by atoms with Crippen molar-refractivity contribution in [1.82, 2.24) is 5.32 Å². The standard InChI is InChI=1S/C18H21Cl2N/c1-4-9-21-18(14-7-5-12(2)16(19)10-14)15-8-6-13(3)17(20)11-15/h5-8,10-11,18,21H,4,9H2,1-3H3. The smallest absolute Gasteiger partial charge is 0.0577 e. The maximum Gasteiger partial charge on any atom is 0.0577 e. The first-order chi connectivity index (χ1) is 10.0. The summed E-state index contributed by atoms with van der Waals surface area (Å²) in [6.45, 7) is 7.14. The molecule has 0 heterocycles. The molecule has 112 valence electrons. The van der Waals surface area contributed by atoms with E-state index in [4.69, 9.17) is 23.2 Å². The van der Waals surface area contributed by atoms with E-state index in [0.29, 0.717) is 0 Å². The van der Waals surface area contributed by atoms with E-state index in [2.05, 4.69) is 36.5 Å². The van der Waals surface area contributed by atoms with Gasteiger partial charge in [-0.15, -0.1) is 0 Å². The molecule has 1 nitrogen and oxygen atoms in total. The highest BCUT2D eigenvalue weighted by atomic mass is 35.5. The van der Waals surface area contributed by atoms with E-state index in [1.54, 1.807) is 0 Å². The zero-order valence-corrected chi connectivity index (χ0v) is 14.2. The molecule has 0 unspecified atom stereocenters. The van der Waals surface area contributed by atoms with Gasteiger partial charge in [-0.1, -0.05) is 54.4 Å². The van der Waals surface area contributed by atoms with E-state index in [1.165, 1.54) is 11.1 Å². The third-order valence-electron chi connectivity index (χ3n) is 3.66. The van der Waals surface area contributed by atoms with Crippen LogP contribution in [0.15, 0.2) is 36.4 Å². The molecule has 0 radical (unpaired) electrons. The molecule has 0 aliphatic heterocycles. The Morgan fingerprint density at radius 2 is 1.38 bits per heavy atom. The van der Waals surface area contributed by atoms with Crippen LogP contribution >= 0.6 is 23.2 Å². The minimum atomic E-state index is 0.112. The second-order valence-corrected chi connectivity index (χ2v) is 6.22. The lowest BCUT2D eigenvalue weighted by atomic mass is 9.97. The average Bonchev–Trinajstić information content (AvgIpc) is 2.46. The first-order valence-electron chi connectivity index (χ1n) is 7.28. The Morgan fingerprint density at radius 3 is 1.76 bits per heavy atom. The highest BCUT2D eigenvalue weighted by Gasteiger charge is 2.15. The van der Waals surface area contributed by atoms with Gasteiger partial charge in [-0.3, -0.25) is 0 Å². The Kier molecular flexibility index (Phi) is 5.69. The number of halogens is 2. The SMILES string of the molecule is CCCNC(c1ccc(C)c(Cl)c1)c1ccc(C)c(Cl)c1. The molecule has 3 heteroatoms. The molecule has 0 saturated heterocycles. The fourth-order valence-corrected chi connectivity index (χ4v) is 2.67. The summed E-state index contributed by atoms with van der Waals surface area (Å²) in [6.07, 6.45) is 1.08. The summed E-state index contributed by atoms with van der Waals surface area (Å²) in [5, 5.41) is 5.18. The van der Waals surface area contributed by atoms with E-state index in [-0.39, 0.29) is 6.04 Å². The average molecular weight is 322 g/mol. The van der Waals surface area contributed by atoms with Crippen molar-refractivity contribution in [3.05, 3.63) is 68.7 Å². The van der Waals surface area contributed by atoms with E-state index in [0.717, 1.165) is 34.1 Å². The second kappa shape index (κ2) is 7.31. The fourth-order valence-electron chi connectivity index (χ4n) is 2.29. The Bertz CT molecular complexity index is 571. The van der Waals surface area contributed by atoms with Gasteiger partial charge in [0.1, 0.15) is 0 Å². The normalized spacial score (nSPS) is 11.1. The van der Waals surface area contributed by atoms with E-state index in [9.17, 15) is 0 Å². The molecule has 0 bridgehead atoms. The van der Waals surface area contributed by atoms with Gasteiger partial charge in [0.15, 0.2) is 0 Å². The van der Waals surface area contributed by atoms with Crippen LogP contribution in [0.5, 0.6) is 0 Å². The first kappa shape index (κ1) is 16.4. The predicted octanol–water partition coefficient (Wildman–Crippen LogP) is 5.70. The van der Waals surface area contributed by atoms with Gasteiger partial charge in [-0.05, 0) is 61.2 Å². The van der Waals surface area contributed by atoms with Crippen LogP contribution in [-0.4, -0.2) is 6.54 Å². The summed E-state index contributed by atoms with van der Waals surface area (Å²) < 4.78 is 0. The van der Waals surface area contributed by atoms with Gasteiger partial charge >= 0.3 is 0 Å². The Balaban J connectivity index is 2.41. The summed E-state index contributed by atoms with van der Waals surface area (Å²) in [5.41, 5.74) is 4.52. The van der Waals surface area contributed by atoms with Crippen molar-refractivity contribution in [2.75, 3.05) is 6.54 Å². The van der Waals surface area contributed by atoms with Crippen molar-refractivity contribution in [3.8, 4) is 0 Å². The fraction of sp³-hybridized carbons (Fsp3) is 0.333. The molecule has 0 amide bonds. The van der Waals surface area contributed by atoms with Crippen LogP contribution in [0.2, 0.25) is 10.0 Å². The predicted molar refractivity (Wildman–Crippen MR) is 92.5 cm³/mol. The van der Waals surface area contributed by atoms with Gasteiger partial charge in [0.2, 0.25) is 0 Å². The van der Waals surface area contributed by atoms with Crippen LogP contribution in [0.1, 0.15) is 41.6 Å². The number of benzene rings is 2. The number of aryl methyl sites for hydroxylation is 2. The zero-order chi connectivity index (χ0) is 15.4. The van der Waals surface area contributed by atoms with Crippen LogP contribution in [0.3, 0.4) is 0 Å². The minimum absolute atomic E-state index is 0.112. The molecule has 0 aliphatic carbocycles. The molecular weight excluding hydrogens is 301 g/mol. The largest absolute Gasteiger partial charge is 0.306 e. The molecule has 2 rings (SSSR count). The number of hydrogen-bond donors (Lipinski definition) is 1. The Labute approximate surface area is 137 Å². The topological polar surface area (TPSA) is 12.0 Å². The maximum atomic E-state index is 6.28. The molecule has 1 N–H and O–H groups in total. The van der Waals surface area contributed by atoms with Gasteiger partial charge in [-0.2, -0.15) is 0 Å². The lowest BCUT2D eigenvalue weighted by molar-refractivity contribution is 0.598. The Hall–Kier alpha value is -1.02. The summed E-state index contributed by atoms with van der Waals surface area (Å²) in [4.78, 5) is 0. The molecule has 21 heavy (non-hydrogen) atoms. The van der Waals surface area contributed by atoms with Crippen LogP contribution in [0.25, 0.3) is 0 Å². The highest BCUT2D eigenvalue weighted by Crippen LogP contribution is 2.29. The van der Waals surface area contributed by atoms with Gasteiger partial charge in [0, 0.05) is 10.0 Å². The minimum Gasteiger partial charge on any atom is -0.306 e. The lowest BCUT2D eigenvalue weighted by Gasteiger charge is -2.21. The van der Waals surface area contributed by atoms with E-state index in [1.807, 2.05) is 26.0 Å². The van der Waals surface area contributed by atoms with Crippen molar-refractivity contribution < 1.29 is 0 Å². The molecule has 0 aromatic heterocycles. The Morgan fingerprint density at radius 1 is 0.905 bits per heavy atom. The highest BCUT2D eigenvalue weighted by molar-refractivity contribution is 6.31. The number of hydrogen-bond acceptors (Lipinski definition) is 1. The molecule has 2 aromatic rings. The molecule has 0 atom stereocenters. The van der Waals surface area contributed by atoms with Crippen molar-refractivity contribution in [1.29, 1.82) is 0 Å². The number of rotatable bonds is 5. The number of nitrogens with one attached hydrogen (secondary N) is 1. The summed E-state index contributed by atoms with van der Waals surface area (Å²) >= 11 is 12.6. The first-order valence-corrected chi connectivity index (χ1v) is 8.04.